The Morgan fingerprint density at radius 2 is 1.68 bits per heavy atom. The lowest BCUT2D eigenvalue weighted by Gasteiger charge is -2.20. The minimum absolute atomic E-state index is 0.0573. The van der Waals surface area contributed by atoms with Crippen molar-refractivity contribution in [2.45, 2.75) is 84.5 Å². The number of hydrogen-bond acceptors (Lipinski definition) is 3. The van der Waals surface area contributed by atoms with Gasteiger partial charge in [-0.05, 0) is 39.5 Å². The fourth-order valence-electron chi connectivity index (χ4n) is 2.67. The second-order valence-corrected chi connectivity index (χ2v) is 5.22. The molecule has 0 aromatic rings. The van der Waals surface area contributed by atoms with Crippen molar-refractivity contribution in [1.29, 1.82) is 0 Å². The number of rotatable bonds is 9. The molecule has 0 aromatic carbocycles. The first-order chi connectivity index (χ1) is 9.30. The predicted molar refractivity (Wildman–Crippen MR) is 80.9 cm³/mol. The van der Waals surface area contributed by atoms with E-state index in [0.717, 1.165) is 19.3 Å². The van der Waals surface area contributed by atoms with Crippen molar-refractivity contribution in [2.24, 2.45) is 4.99 Å². The van der Waals surface area contributed by atoms with E-state index >= 15 is 0 Å². The van der Waals surface area contributed by atoms with Gasteiger partial charge in [0, 0.05) is 31.4 Å². The molecule has 0 N–H and O–H groups in total. The summed E-state index contributed by atoms with van der Waals surface area (Å²) in [6.07, 6.45) is 9.60. The second kappa shape index (κ2) is 10.4. The standard InChI is InChI=1S/C16H31NO2/c1-4-14(17-15-10-8-7-9-11-15)12-13-16(18-5-2)19-6-3/h15-16H,4-13H2,1-3H3. The first-order valence-electron chi connectivity index (χ1n) is 8.08. The van der Waals surface area contributed by atoms with Crippen LogP contribution in [0.25, 0.3) is 0 Å². The van der Waals surface area contributed by atoms with Crippen LogP contribution in [0.2, 0.25) is 0 Å². The quantitative estimate of drug-likeness (QED) is 0.460. The van der Waals surface area contributed by atoms with E-state index in [1.165, 1.54) is 37.8 Å². The van der Waals surface area contributed by atoms with Gasteiger partial charge in [-0.2, -0.15) is 0 Å². The molecule has 0 unspecified atom stereocenters. The van der Waals surface area contributed by atoms with Gasteiger partial charge in [0.2, 0.25) is 0 Å². The minimum Gasteiger partial charge on any atom is -0.353 e. The average molecular weight is 269 g/mol. The summed E-state index contributed by atoms with van der Waals surface area (Å²) in [6.45, 7) is 7.67. The normalized spacial score (nSPS) is 18.2. The highest BCUT2D eigenvalue weighted by Gasteiger charge is 2.14. The lowest BCUT2D eigenvalue weighted by Crippen LogP contribution is -2.19. The Kier molecular flexibility index (Phi) is 9.10. The number of nitrogens with zero attached hydrogens (tertiary/aromatic N) is 1. The molecule has 0 aromatic heterocycles. The Morgan fingerprint density at radius 3 is 2.21 bits per heavy atom. The fourth-order valence-corrected chi connectivity index (χ4v) is 2.67. The summed E-state index contributed by atoms with van der Waals surface area (Å²) in [4.78, 5) is 4.95. The molecule has 0 heterocycles. The van der Waals surface area contributed by atoms with Crippen molar-refractivity contribution in [3.05, 3.63) is 0 Å². The van der Waals surface area contributed by atoms with E-state index in [1.54, 1.807) is 0 Å². The summed E-state index contributed by atoms with van der Waals surface area (Å²) in [5.41, 5.74) is 1.34. The van der Waals surface area contributed by atoms with Crippen LogP contribution in [0.15, 0.2) is 4.99 Å². The van der Waals surface area contributed by atoms with Gasteiger partial charge in [0.25, 0.3) is 0 Å². The molecule has 1 saturated carbocycles. The third kappa shape index (κ3) is 7.07. The maximum atomic E-state index is 5.59. The van der Waals surface area contributed by atoms with Gasteiger partial charge >= 0.3 is 0 Å². The molecule has 0 spiro atoms. The topological polar surface area (TPSA) is 30.8 Å². The maximum Gasteiger partial charge on any atom is 0.157 e. The molecule has 0 amide bonds. The van der Waals surface area contributed by atoms with Crippen LogP contribution in [-0.2, 0) is 9.47 Å². The Balaban J connectivity index is 2.38. The molecule has 3 nitrogen and oxygen atoms in total. The molecule has 19 heavy (non-hydrogen) atoms. The van der Waals surface area contributed by atoms with Gasteiger partial charge < -0.3 is 9.47 Å². The van der Waals surface area contributed by atoms with Gasteiger partial charge in [0.05, 0.1) is 0 Å². The molecule has 0 saturated heterocycles. The van der Waals surface area contributed by atoms with Gasteiger partial charge in [-0.1, -0.05) is 26.2 Å². The van der Waals surface area contributed by atoms with Gasteiger partial charge in [-0.3, -0.25) is 4.99 Å². The molecule has 1 rings (SSSR count). The highest BCUT2D eigenvalue weighted by Crippen LogP contribution is 2.21. The molecule has 112 valence electrons. The third-order valence-corrected chi connectivity index (χ3v) is 3.72. The molecule has 0 bridgehead atoms. The summed E-state index contributed by atoms with van der Waals surface area (Å²) in [7, 11) is 0. The average Bonchev–Trinajstić information content (AvgIpc) is 2.44. The van der Waals surface area contributed by atoms with Crippen molar-refractivity contribution >= 4 is 5.71 Å². The molecular weight excluding hydrogens is 238 g/mol. The van der Waals surface area contributed by atoms with Crippen LogP contribution in [0, 0.1) is 0 Å². The van der Waals surface area contributed by atoms with Crippen molar-refractivity contribution in [2.75, 3.05) is 13.2 Å². The highest BCUT2D eigenvalue weighted by molar-refractivity contribution is 5.84. The summed E-state index contributed by atoms with van der Waals surface area (Å²) >= 11 is 0. The summed E-state index contributed by atoms with van der Waals surface area (Å²) in [6, 6.07) is 0.585. The zero-order chi connectivity index (χ0) is 13.9. The third-order valence-electron chi connectivity index (χ3n) is 3.72. The van der Waals surface area contributed by atoms with Gasteiger partial charge in [0.15, 0.2) is 6.29 Å². The van der Waals surface area contributed by atoms with E-state index in [1.807, 2.05) is 13.8 Å². The molecule has 0 radical (unpaired) electrons. The molecule has 1 aliphatic carbocycles. The lowest BCUT2D eigenvalue weighted by atomic mass is 9.95. The second-order valence-electron chi connectivity index (χ2n) is 5.22. The zero-order valence-corrected chi connectivity index (χ0v) is 13.0. The minimum atomic E-state index is -0.0573. The Bertz CT molecular complexity index is 241. The molecule has 3 heteroatoms. The summed E-state index contributed by atoms with van der Waals surface area (Å²) in [5, 5.41) is 0. The van der Waals surface area contributed by atoms with Crippen LogP contribution in [0.5, 0.6) is 0 Å². The van der Waals surface area contributed by atoms with Crippen LogP contribution in [-0.4, -0.2) is 31.3 Å². The van der Waals surface area contributed by atoms with Crippen LogP contribution >= 0.6 is 0 Å². The first kappa shape index (κ1) is 16.6. The molecule has 0 atom stereocenters. The van der Waals surface area contributed by atoms with Crippen molar-refractivity contribution in [3.8, 4) is 0 Å². The predicted octanol–water partition coefficient (Wildman–Crippen LogP) is 4.35. The molecule has 1 aliphatic rings. The van der Waals surface area contributed by atoms with Crippen LogP contribution in [0.3, 0.4) is 0 Å². The highest BCUT2D eigenvalue weighted by atomic mass is 16.7. The maximum absolute atomic E-state index is 5.59. The van der Waals surface area contributed by atoms with Crippen molar-refractivity contribution in [1.82, 2.24) is 0 Å². The van der Waals surface area contributed by atoms with E-state index in [9.17, 15) is 0 Å². The van der Waals surface area contributed by atoms with Gasteiger partial charge in [0.1, 0.15) is 0 Å². The Hall–Kier alpha value is -0.410. The van der Waals surface area contributed by atoms with Crippen molar-refractivity contribution < 1.29 is 9.47 Å². The Morgan fingerprint density at radius 1 is 1.05 bits per heavy atom. The number of ether oxygens (including phenoxy) is 2. The van der Waals surface area contributed by atoms with E-state index < -0.39 is 0 Å². The molecule has 1 fully saturated rings. The molecular formula is C16H31NO2. The van der Waals surface area contributed by atoms with Gasteiger partial charge in [-0.25, -0.2) is 0 Å². The van der Waals surface area contributed by atoms with Crippen LogP contribution in [0.4, 0.5) is 0 Å². The largest absolute Gasteiger partial charge is 0.353 e. The van der Waals surface area contributed by atoms with E-state index in [-0.39, 0.29) is 6.29 Å². The first-order valence-corrected chi connectivity index (χ1v) is 8.08. The SMILES string of the molecule is CCOC(CCC(CC)=NC1CCCCC1)OCC. The Labute approximate surface area is 118 Å². The van der Waals surface area contributed by atoms with Gasteiger partial charge in [-0.15, -0.1) is 0 Å². The smallest absolute Gasteiger partial charge is 0.157 e. The van der Waals surface area contributed by atoms with Crippen molar-refractivity contribution in [3.63, 3.8) is 0 Å². The van der Waals surface area contributed by atoms with E-state index in [4.69, 9.17) is 14.5 Å². The monoisotopic (exact) mass is 269 g/mol. The van der Waals surface area contributed by atoms with Crippen LogP contribution < -0.4 is 0 Å². The van der Waals surface area contributed by atoms with Crippen LogP contribution in [0.1, 0.15) is 72.1 Å². The summed E-state index contributed by atoms with van der Waals surface area (Å²) in [5.74, 6) is 0. The van der Waals surface area contributed by atoms with E-state index in [0.29, 0.717) is 19.3 Å². The molecule has 0 aliphatic heterocycles. The fraction of sp³-hybridized carbons (Fsp3) is 0.938. The number of aliphatic imine (C=N–C) groups is 1. The van der Waals surface area contributed by atoms with E-state index in [2.05, 4.69) is 6.92 Å². The zero-order valence-electron chi connectivity index (χ0n) is 13.0. The summed E-state index contributed by atoms with van der Waals surface area (Å²) < 4.78 is 11.2. The lowest BCUT2D eigenvalue weighted by molar-refractivity contribution is -0.138. The number of hydrogen-bond donors (Lipinski definition) is 0.